The standard InChI is InChI=1S/C19H15NO4/c21-15-8-5-12-9-13(6-7-14(12)24-15)20-18(22)16-10-1-2-11(4-3-10)17(16)19(20)23/h1-2,5-11,16-17H,3-4H2/t10-,11-,16-,17+/m0/s1. The molecule has 0 spiro atoms. The molecule has 1 aromatic carbocycles. The number of allylic oxidation sites excluding steroid dienone is 2. The van der Waals surface area contributed by atoms with Crippen molar-refractivity contribution in [1.82, 2.24) is 0 Å². The van der Waals surface area contributed by atoms with Gasteiger partial charge >= 0.3 is 5.63 Å². The predicted molar refractivity (Wildman–Crippen MR) is 87.3 cm³/mol. The number of carbonyl (C=O) groups excluding carboxylic acids is 2. The molecule has 2 fully saturated rings. The van der Waals surface area contributed by atoms with Gasteiger partial charge in [-0.2, -0.15) is 0 Å². The average molecular weight is 321 g/mol. The molecule has 2 heterocycles. The Labute approximate surface area is 137 Å². The van der Waals surface area contributed by atoms with Crippen LogP contribution in [0.25, 0.3) is 11.0 Å². The number of nitrogens with zero attached hydrogens (tertiary/aromatic N) is 1. The van der Waals surface area contributed by atoms with Crippen LogP contribution in [0.2, 0.25) is 0 Å². The molecule has 1 aromatic heterocycles. The highest BCUT2D eigenvalue weighted by molar-refractivity contribution is 6.23. The number of rotatable bonds is 1. The normalized spacial score (nSPS) is 31.1. The molecular formula is C19H15NO4. The van der Waals surface area contributed by atoms with Crippen molar-refractivity contribution < 1.29 is 14.0 Å². The Hall–Kier alpha value is -2.69. The van der Waals surface area contributed by atoms with Crippen LogP contribution in [0.1, 0.15) is 12.8 Å². The van der Waals surface area contributed by atoms with Gasteiger partial charge in [-0.3, -0.25) is 9.59 Å². The van der Waals surface area contributed by atoms with E-state index < -0.39 is 5.63 Å². The van der Waals surface area contributed by atoms with Crippen LogP contribution in [0.15, 0.2) is 51.7 Å². The highest BCUT2D eigenvalue weighted by Gasteiger charge is 2.56. The molecule has 0 radical (unpaired) electrons. The van der Waals surface area contributed by atoms with E-state index in [-0.39, 0.29) is 35.5 Å². The van der Waals surface area contributed by atoms with E-state index in [9.17, 15) is 14.4 Å². The molecule has 1 saturated carbocycles. The molecule has 120 valence electrons. The first kappa shape index (κ1) is 13.7. The van der Waals surface area contributed by atoms with Crippen LogP contribution in [0.5, 0.6) is 0 Å². The summed E-state index contributed by atoms with van der Waals surface area (Å²) in [7, 11) is 0. The van der Waals surface area contributed by atoms with Crippen molar-refractivity contribution in [2.24, 2.45) is 23.7 Å². The first-order chi connectivity index (χ1) is 11.6. The summed E-state index contributed by atoms with van der Waals surface area (Å²) < 4.78 is 5.12. The zero-order valence-electron chi connectivity index (χ0n) is 12.8. The lowest BCUT2D eigenvalue weighted by Crippen LogP contribution is -2.38. The molecule has 5 heteroatoms. The van der Waals surface area contributed by atoms with Crippen LogP contribution in [0.3, 0.4) is 0 Å². The molecular weight excluding hydrogens is 306 g/mol. The lowest BCUT2D eigenvalue weighted by Gasteiger charge is -2.38. The largest absolute Gasteiger partial charge is 0.423 e. The quantitative estimate of drug-likeness (QED) is 0.460. The third kappa shape index (κ3) is 1.72. The number of hydrogen-bond donors (Lipinski definition) is 0. The van der Waals surface area contributed by atoms with Gasteiger partial charge in [0.1, 0.15) is 5.58 Å². The van der Waals surface area contributed by atoms with Crippen LogP contribution in [-0.4, -0.2) is 11.8 Å². The van der Waals surface area contributed by atoms with Crippen molar-refractivity contribution in [2.45, 2.75) is 12.8 Å². The summed E-state index contributed by atoms with van der Waals surface area (Å²) in [6.07, 6.45) is 6.19. The number of benzene rings is 1. The van der Waals surface area contributed by atoms with E-state index in [0.717, 1.165) is 12.8 Å². The molecule has 2 amide bonds. The molecule has 1 aliphatic heterocycles. The number of hydrogen-bond acceptors (Lipinski definition) is 4. The van der Waals surface area contributed by atoms with Crippen molar-refractivity contribution in [1.29, 1.82) is 0 Å². The summed E-state index contributed by atoms with van der Waals surface area (Å²) in [6, 6.07) is 8.04. The number of amides is 2. The first-order valence-electron chi connectivity index (χ1n) is 8.23. The SMILES string of the molecule is O=C1[C@@H]2[C@H](C(=O)N1c1ccc3oc(=O)ccc3c1)[C@H]1C=C[C@H]2CC1. The van der Waals surface area contributed by atoms with Gasteiger partial charge in [0, 0.05) is 11.5 Å². The Bertz CT molecular complexity index is 941. The van der Waals surface area contributed by atoms with E-state index in [0.29, 0.717) is 16.7 Å². The van der Waals surface area contributed by atoms with Gasteiger partial charge in [0.15, 0.2) is 0 Å². The molecule has 2 bridgehead atoms. The summed E-state index contributed by atoms with van der Waals surface area (Å²) in [5.41, 5.74) is 0.585. The second-order valence-corrected chi connectivity index (χ2v) is 6.83. The van der Waals surface area contributed by atoms with E-state index >= 15 is 0 Å². The summed E-state index contributed by atoms with van der Waals surface area (Å²) in [6.45, 7) is 0. The fraction of sp³-hybridized carbons (Fsp3) is 0.316. The number of fused-ring (bicyclic) bond motifs is 2. The van der Waals surface area contributed by atoms with E-state index in [2.05, 4.69) is 12.2 Å². The summed E-state index contributed by atoms with van der Waals surface area (Å²) in [5.74, 6) is -0.266. The van der Waals surface area contributed by atoms with Crippen LogP contribution < -0.4 is 10.5 Å². The smallest absolute Gasteiger partial charge is 0.336 e. The summed E-state index contributed by atoms with van der Waals surface area (Å²) in [5, 5.41) is 0.698. The van der Waals surface area contributed by atoms with Gasteiger partial charge in [-0.1, -0.05) is 12.2 Å². The van der Waals surface area contributed by atoms with Crippen LogP contribution >= 0.6 is 0 Å². The second kappa shape index (κ2) is 4.66. The molecule has 3 aliphatic carbocycles. The maximum absolute atomic E-state index is 12.9. The van der Waals surface area contributed by atoms with Gasteiger partial charge in [-0.05, 0) is 48.9 Å². The fourth-order valence-electron chi connectivity index (χ4n) is 4.53. The van der Waals surface area contributed by atoms with Gasteiger partial charge in [0.25, 0.3) is 0 Å². The Morgan fingerprint density at radius 3 is 2.17 bits per heavy atom. The Morgan fingerprint density at radius 2 is 1.54 bits per heavy atom. The minimum Gasteiger partial charge on any atom is -0.423 e. The highest BCUT2D eigenvalue weighted by Crippen LogP contribution is 2.50. The van der Waals surface area contributed by atoms with E-state index in [1.165, 1.54) is 11.0 Å². The van der Waals surface area contributed by atoms with Crippen molar-refractivity contribution >= 4 is 28.5 Å². The lowest BCUT2D eigenvalue weighted by molar-refractivity contribution is -0.124. The molecule has 5 nitrogen and oxygen atoms in total. The number of carbonyl (C=O) groups is 2. The van der Waals surface area contributed by atoms with Crippen molar-refractivity contribution in [3.63, 3.8) is 0 Å². The van der Waals surface area contributed by atoms with E-state index in [4.69, 9.17) is 4.42 Å². The van der Waals surface area contributed by atoms with Crippen LogP contribution in [0.4, 0.5) is 5.69 Å². The van der Waals surface area contributed by atoms with Gasteiger partial charge in [-0.15, -0.1) is 0 Å². The van der Waals surface area contributed by atoms with Gasteiger partial charge < -0.3 is 4.42 Å². The molecule has 1 saturated heterocycles. The van der Waals surface area contributed by atoms with Crippen molar-refractivity contribution in [3.8, 4) is 0 Å². The fourth-order valence-corrected chi connectivity index (χ4v) is 4.53. The molecule has 0 N–H and O–H groups in total. The summed E-state index contributed by atoms with van der Waals surface area (Å²) >= 11 is 0. The minimum atomic E-state index is -0.419. The Kier molecular flexibility index (Phi) is 2.66. The zero-order valence-corrected chi connectivity index (χ0v) is 12.8. The van der Waals surface area contributed by atoms with Crippen LogP contribution in [0, 0.1) is 23.7 Å². The third-order valence-corrected chi connectivity index (χ3v) is 5.62. The number of anilines is 1. The van der Waals surface area contributed by atoms with Crippen LogP contribution in [-0.2, 0) is 9.59 Å². The second-order valence-electron chi connectivity index (χ2n) is 6.83. The Balaban J connectivity index is 1.60. The van der Waals surface area contributed by atoms with Gasteiger partial charge in [0.2, 0.25) is 11.8 Å². The third-order valence-electron chi connectivity index (χ3n) is 5.62. The predicted octanol–water partition coefficient (Wildman–Crippen LogP) is 2.49. The monoisotopic (exact) mass is 321 g/mol. The topological polar surface area (TPSA) is 67.6 Å². The molecule has 4 atom stereocenters. The van der Waals surface area contributed by atoms with Crippen molar-refractivity contribution in [2.75, 3.05) is 4.90 Å². The Morgan fingerprint density at radius 1 is 0.875 bits per heavy atom. The van der Waals surface area contributed by atoms with Gasteiger partial charge in [-0.25, -0.2) is 9.69 Å². The minimum absolute atomic E-state index is 0.0965. The van der Waals surface area contributed by atoms with Gasteiger partial charge in [0.05, 0.1) is 17.5 Å². The maximum Gasteiger partial charge on any atom is 0.336 e. The van der Waals surface area contributed by atoms with Crippen molar-refractivity contribution in [3.05, 3.63) is 52.9 Å². The molecule has 6 rings (SSSR count). The molecule has 0 unspecified atom stereocenters. The average Bonchev–Trinajstić information content (AvgIpc) is 2.89. The molecule has 4 aliphatic rings. The number of imide groups is 1. The van der Waals surface area contributed by atoms with E-state index in [1.807, 2.05) is 0 Å². The van der Waals surface area contributed by atoms with E-state index in [1.54, 1.807) is 24.3 Å². The molecule has 2 aromatic rings. The molecule has 24 heavy (non-hydrogen) atoms. The lowest BCUT2D eigenvalue weighted by atomic mass is 9.63. The zero-order chi connectivity index (χ0) is 16.4. The first-order valence-corrected chi connectivity index (χ1v) is 8.23. The highest BCUT2D eigenvalue weighted by atomic mass is 16.4. The summed E-state index contributed by atoms with van der Waals surface area (Å²) in [4.78, 5) is 38.5. The maximum atomic E-state index is 12.9.